The van der Waals surface area contributed by atoms with Crippen LogP contribution in [0.25, 0.3) is 22.7 Å². The van der Waals surface area contributed by atoms with Crippen LogP contribution in [-0.4, -0.2) is 31.2 Å². The molecule has 0 radical (unpaired) electrons. The third kappa shape index (κ3) is 4.03. The Bertz CT molecular complexity index is 1090. The molecule has 0 aliphatic heterocycles. The maximum Gasteiger partial charge on any atom is 0.274 e. The Morgan fingerprint density at radius 3 is 2.55 bits per heavy atom. The van der Waals surface area contributed by atoms with Gasteiger partial charge in [-0.1, -0.05) is 24.2 Å². The maximum absolute atomic E-state index is 12.7. The number of nitrogens with zero attached hydrogens (tertiary/aromatic N) is 5. The van der Waals surface area contributed by atoms with Crippen LogP contribution >= 0.6 is 0 Å². The second-order valence-corrected chi connectivity index (χ2v) is 6.71. The molecule has 0 aliphatic carbocycles. The minimum Gasteiger partial charge on any atom is -0.355 e. The molecule has 4 heterocycles. The minimum absolute atomic E-state index is 0.00869. The average Bonchev–Trinajstić information content (AvgIpc) is 3.43. The monoisotopic (exact) mass is 390 g/mol. The SMILES string of the molecule is CC(C)C(NC(=O)c1cc(-c2cccnc2)on1)c1nc(-c2ccncc2)no1. The minimum atomic E-state index is -0.482. The van der Waals surface area contributed by atoms with E-state index in [0.29, 0.717) is 17.5 Å². The van der Waals surface area contributed by atoms with Crippen molar-refractivity contribution in [3.63, 3.8) is 0 Å². The van der Waals surface area contributed by atoms with Crippen LogP contribution in [0, 0.1) is 5.92 Å². The van der Waals surface area contributed by atoms with Crippen molar-refractivity contribution in [2.24, 2.45) is 5.92 Å². The highest BCUT2D eigenvalue weighted by Gasteiger charge is 2.26. The topological polar surface area (TPSA) is 120 Å². The van der Waals surface area contributed by atoms with Crippen molar-refractivity contribution in [2.75, 3.05) is 0 Å². The van der Waals surface area contributed by atoms with E-state index in [1.807, 2.05) is 19.9 Å². The summed E-state index contributed by atoms with van der Waals surface area (Å²) in [5, 5.41) is 10.8. The summed E-state index contributed by atoms with van der Waals surface area (Å²) in [5.74, 6) is 0.821. The summed E-state index contributed by atoms with van der Waals surface area (Å²) in [7, 11) is 0. The largest absolute Gasteiger partial charge is 0.355 e. The normalized spacial score (nSPS) is 12.1. The zero-order valence-electron chi connectivity index (χ0n) is 15.8. The molecule has 29 heavy (non-hydrogen) atoms. The van der Waals surface area contributed by atoms with Crippen molar-refractivity contribution >= 4 is 5.91 Å². The molecule has 4 aromatic heterocycles. The van der Waals surface area contributed by atoms with Gasteiger partial charge in [0.2, 0.25) is 11.7 Å². The molecule has 4 rings (SSSR count). The number of hydrogen-bond acceptors (Lipinski definition) is 8. The van der Waals surface area contributed by atoms with Gasteiger partial charge >= 0.3 is 0 Å². The molecule has 0 spiro atoms. The smallest absolute Gasteiger partial charge is 0.274 e. The van der Waals surface area contributed by atoms with Crippen LogP contribution in [0.2, 0.25) is 0 Å². The van der Waals surface area contributed by atoms with E-state index in [0.717, 1.165) is 11.1 Å². The average molecular weight is 390 g/mol. The number of pyridine rings is 2. The number of nitrogens with one attached hydrogen (secondary N) is 1. The summed E-state index contributed by atoms with van der Waals surface area (Å²) in [6.45, 7) is 3.90. The van der Waals surface area contributed by atoms with E-state index in [2.05, 4.69) is 30.6 Å². The number of aromatic nitrogens is 5. The number of rotatable bonds is 6. The van der Waals surface area contributed by atoms with E-state index in [4.69, 9.17) is 9.05 Å². The lowest BCUT2D eigenvalue weighted by atomic mass is 10.0. The van der Waals surface area contributed by atoms with E-state index in [1.165, 1.54) is 0 Å². The maximum atomic E-state index is 12.7. The van der Waals surface area contributed by atoms with Crippen LogP contribution < -0.4 is 5.32 Å². The Morgan fingerprint density at radius 2 is 1.83 bits per heavy atom. The number of hydrogen-bond donors (Lipinski definition) is 1. The van der Waals surface area contributed by atoms with Gasteiger partial charge in [-0.3, -0.25) is 14.8 Å². The molecule has 9 heteroatoms. The second kappa shape index (κ2) is 8.01. The molecule has 1 N–H and O–H groups in total. The molecule has 0 saturated carbocycles. The first kappa shape index (κ1) is 18.5. The molecular formula is C20H18N6O3. The fourth-order valence-corrected chi connectivity index (χ4v) is 2.74. The lowest BCUT2D eigenvalue weighted by Gasteiger charge is -2.17. The van der Waals surface area contributed by atoms with Gasteiger partial charge in [0.1, 0.15) is 6.04 Å². The van der Waals surface area contributed by atoms with Crippen molar-refractivity contribution in [1.82, 2.24) is 30.6 Å². The van der Waals surface area contributed by atoms with Crippen molar-refractivity contribution < 1.29 is 13.8 Å². The van der Waals surface area contributed by atoms with Crippen molar-refractivity contribution in [3.8, 4) is 22.7 Å². The first-order valence-corrected chi connectivity index (χ1v) is 9.04. The zero-order chi connectivity index (χ0) is 20.2. The summed E-state index contributed by atoms with van der Waals surface area (Å²) in [6, 6.07) is 8.26. The van der Waals surface area contributed by atoms with Crippen LogP contribution in [0.3, 0.4) is 0 Å². The van der Waals surface area contributed by atoms with Gasteiger partial charge in [0, 0.05) is 42.0 Å². The van der Waals surface area contributed by atoms with Crippen LogP contribution in [0.4, 0.5) is 0 Å². The van der Waals surface area contributed by atoms with Gasteiger partial charge in [0.25, 0.3) is 5.91 Å². The first-order chi connectivity index (χ1) is 14.1. The molecule has 0 aliphatic rings. The Hall–Kier alpha value is -3.88. The fraction of sp³-hybridized carbons (Fsp3) is 0.200. The van der Waals surface area contributed by atoms with E-state index in [-0.39, 0.29) is 11.6 Å². The summed E-state index contributed by atoms with van der Waals surface area (Å²) in [6.07, 6.45) is 6.60. The van der Waals surface area contributed by atoms with Gasteiger partial charge in [-0.15, -0.1) is 0 Å². The van der Waals surface area contributed by atoms with Crippen molar-refractivity contribution in [1.29, 1.82) is 0 Å². The molecule has 0 saturated heterocycles. The lowest BCUT2D eigenvalue weighted by molar-refractivity contribution is 0.0904. The third-order valence-electron chi connectivity index (χ3n) is 4.29. The van der Waals surface area contributed by atoms with Crippen LogP contribution in [0.15, 0.2) is 64.2 Å². The fourth-order valence-electron chi connectivity index (χ4n) is 2.74. The Kier molecular flexibility index (Phi) is 5.10. The van der Waals surface area contributed by atoms with Gasteiger partial charge in [-0.2, -0.15) is 4.98 Å². The highest BCUT2D eigenvalue weighted by atomic mass is 16.5. The van der Waals surface area contributed by atoms with E-state index in [1.54, 1.807) is 49.1 Å². The highest BCUT2D eigenvalue weighted by Crippen LogP contribution is 2.24. The van der Waals surface area contributed by atoms with Crippen LogP contribution in [0.5, 0.6) is 0 Å². The Labute approximate surface area is 166 Å². The predicted molar refractivity (Wildman–Crippen MR) is 102 cm³/mol. The molecule has 0 fully saturated rings. The Balaban J connectivity index is 1.53. The van der Waals surface area contributed by atoms with Gasteiger partial charge in [-0.05, 0) is 30.2 Å². The van der Waals surface area contributed by atoms with Gasteiger partial charge in [-0.25, -0.2) is 0 Å². The molecule has 0 bridgehead atoms. The first-order valence-electron chi connectivity index (χ1n) is 9.04. The molecule has 1 amide bonds. The zero-order valence-corrected chi connectivity index (χ0v) is 15.8. The predicted octanol–water partition coefficient (Wildman–Crippen LogP) is 3.31. The van der Waals surface area contributed by atoms with Gasteiger partial charge in [0.15, 0.2) is 11.5 Å². The van der Waals surface area contributed by atoms with E-state index in [9.17, 15) is 4.79 Å². The molecule has 0 aromatic carbocycles. The third-order valence-corrected chi connectivity index (χ3v) is 4.29. The summed E-state index contributed by atoms with van der Waals surface area (Å²) < 4.78 is 10.7. The summed E-state index contributed by atoms with van der Waals surface area (Å²) >= 11 is 0. The van der Waals surface area contributed by atoms with Crippen molar-refractivity contribution in [3.05, 3.63) is 66.7 Å². The standard InChI is InChI=1S/C20H18N6O3/c1-12(2)17(20-24-18(26-29-20)13-5-8-21-9-6-13)23-19(27)15-10-16(28-25-15)14-4-3-7-22-11-14/h3-12,17H,1-2H3,(H,23,27). The van der Waals surface area contributed by atoms with E-state index >= 15 is 0 Å². The van der Waals surface area contributed by atoms with Gasteiger partial charge in [0.05, 0.1) is 0 Å². The molecular weight excluding hydrogens is 372 g/mol. The quantitative estimate of drug-likeness (QED) is 0.532. The summed E-state index contributed by atoms with van der Waals surface area (Å²) in [5.41, 5.74) is 1.67. The van der Waals surface area contributed by atoms with Crippen molar-refractivity contribution in [2.45, 2.75) is 19.9 Å². The molecule has 1 atom stereocenters. The number of carbonyl (C=O) groups excluding carboxylic acids is 1. The van der Waals surface area contributed by atoms with E-state index < -0.39 is 11.9 Å². The molecule has 1 unspecified atom stereocenters. The number of amides is 1. The number of carbonyl (C=O) groups is 1. The molecule has 4 aromatic rings. The molecule has 9 nitrogen and oxygen atoms in total. The van der Waals surface area contributed by atoms with Crippen LogP contribution in [-0.2, 0) is 0 Å². The second-order valence-electron chi connectivity index (χ2n) is 6.71. The summed E-state index contributed by atoms with van der Waals surface area (Å²) in [4.78, 5) is 25.1. The lowest BCUT2D eigenvalue weighted by Crippen LogP contribution is -2.32. The van der Waals surface area contributed by atoms with Crippen LogP contribution in [0.1, 0.15) is 36.3 Å². The highest BCUT2D eigenvalue weighted by molar-refractivity contribution is 5.93. The van der Waals surface area contributed by atoms with Gasteiger partial charge < -0.3 is 14.4 Å². The molecule has 146 valence electrons. The Morgan fingerprint density at radius 1 is 1.00 bits per heavy atom.